The third-order valence-corrected chi connectivity index (χ3v) is 2.57. The highest BCUT2D eigenvalue weighted by molar-refractivity contribution is 6.21. The highest BCUT2D eigenvalue weighted by atomic mass is 35.5. The molecule has 1 aliphatic rings. The van der Waals surface area contributed by atoms with E-state index in [0.29, 0.717) is 19.1 Å². The first-order valence-corrected chi connectivity index (χ1v) is 4.99. The van der Waals surface area contributed by atoms with E-state index < -0.39 is 0 Å². The summed E-state index contributed by atoms with van der Waals surface area (Å²) in [5, 5.41) is 2.69. The van der Waals surface area contributed by atoms with E-state index in [1.165, 1.54) is 0 Å². The van der Waals surface area contributed by atoms with Crippen molar-refractivity contribution in [3.63, 3.8) is 0 Å². The van der Waals surface area contributed by atoms with Crippen LogP contribution in [0.1, 0.15) is 13.3 Å². The number of halogens is 1. The summed E-state index contributed by atoms with van der Waals surface area (Å²) in [7, 11) is 1.60. The molecular weight excluding hydrogens is 190 g/mol. The van der Waals surface area contributed by atoms with Crippen LogP contribution in [0, 0.1) is 11.8 Å². The van der Waals surface area contributed by atoms with Gasteiger partial charge >= 0.3 is 0 Å². The summed E-state index contributed by atoms with van der Waals surface area (Å²) in [6.07, 6.45) is 1.02. The molecule has 0 saturated heterocycles. The fourth-order valence-electron chi connectivity index (χ4n) is 1.27. The van der Waals surface area contributed by atoms with Gasteiger partial charge in [0.15, 0.2) is 0 Å². The van der Waals surface area contributed by atoms with Crippen molar-refractivity contribution in [3.05, 3.63) is 0 Å². The van der Waals surface area contributed by atoms with E-state index in [1.54, 1.807) is 7.11 Å². The molecule has 0 heterocycles. The summed E-state index contributed by atoms with van der Waals surface area (Å²) in [5.41, 5.74) is 0. The number of alkyl halides is 1. The Morgan fingerprint density at radius 3 is 2.85 bits per heavy atom. The summed E-state index contributed by atoms with van der Waals surface area (Å²) in [6.45, 7) is 3.05. The number of hydrogen-bond acceptors (Lipinski definition) is 2. The van der Waals surface area contributed by atoms with Gasteiger partial charge in [0.25, 0.3) is 0 Å². The van der Waals surface area contributed by atoms with Crippen molar-refractivity contribution in [1.82, 2.24) is 5.32 Å². The van der Waals surface area contributed by atoms with Crippen LogP contribution in [0.4, 0.5) is 0 Å². The van der Waals surface area contributed by atoms with Gasteiger partial charge in [0, 0.05) is 19.6 Å². The van der Waals surface area contributed by atoms with Crippen LogP contribution in [0.5, 0.6) is 0 Å². The van der Waals surface area contributed by atoms with Crippen LogP contribution in [0.2, 0.25) is 0 Å². The topological polar surface area (TPSA) is 38.3 Å². The first-order valence-electron chi connectivity index (χ1n) is 4.56. The molecule has 13 heavy (non-hydrogen) atoms. The third-order valence-electron chi connectivity index (χ3n) is 2.29. The molecule has 0 spiro atoms. The van der Waals surface area contributed by atoms with Gasteiger partial charge in [-0.25, -0.2) is 0 Å². The van der Waals surface area contributed by atoms with Crippen molar-refractivity contribution in [2.24, 2.45) is 11.8 Å². The Morgan fingerprint density at radius 2 is 2.38 bits per heavy atom. The molecule has 0 aromatic carbocycles. The molecule has 3 nitrogen and oxygen atoms in total. The molecule has 3 atom stereocenters. The quantitative estimate of drug-likeness (QED) is 0.681. The van der Waals surface area contributed by atoms with Gasteiger partial charge < -0.3 is 10.1 Å². The van der Waals surface area contributed by atoms with E-state index in [2.05, 4.69) is 12.2 Å². The molecule has 76 valence electrons. The zero-order valence-corrected chi connectivity index (χ0v) is 8.80. The van der Waals surface area contributed by atoms with Gasteiger partial charge in [0.2, 0.25) is 5.91 Å². The van der Waals surface area contributed by atoms with Crippen molar-refractivity contribution in [1.29, 1.82) is 0 Å². The Bertz CT molecular complexity index is 186. The van der Waals surface area contributed by atoms with Gasteiger partial charge in [-0.1, -0.05) is 6.92 Å². The second-order valence-corrected chi connectivity index (χ2v) is 4.23. The predicted molar refractivity (Wildman–Crippen MR) is 51.8 cm³/mol. The van der Waals surface area contributed by atoms with Crippen molar-refractivity contribution in [2.75, 3.05) is 20.3 Å². The lowest BCUT2D eigenvalue weighted by Gasteiger charge is -2.09. The Balaban J connectivity index is 2.08. The molecule has 1 fully saturated rings. The molecule has 4 heteroatoms. The summed E-state index contributed by atoms with van der Waals surface area (Å²) in [5.74, 6) is 0.914. The minimum Gasteiger partial charge on any atom is -0.383 e. The second kappa shape index (κ2) is 4.82. The Kier molecular flexibility index (Phi) is 4.00. The Hall–Kier alpha value is -0.280. The van der Waals surface area contributed by atoms with Gasteiger partial charge in [0.05, 0.1) is 12.0 Å². The van der Waals surface area contributed by atoms with Crippen LogP contribution >= 0.6 is 11.6 Å². The van der Waals surface area contributed by atoms with Crippen molar-refractivity contribution < 1.29 is 9.53 Å². The van der Waals surface area contributed by atoms with Gasteiger partial charge in [-0.3, -0.25) is 4.79 Å². The van der Waals surface area contributed by atoms with Gasteiger partial charge in [-0.2, -0.15) is 0 Å². The highest BCUT2D eigenvalue weighted by Gasteiger charge is 2.38. The monoisotopic (exact) mass is 205 g/mol. The lowest BCUT2D eigenvalue weighted by molar-refractivity contribution is -0.122. The maximum Gasteiger partial charge on any atom is 0.223 e. The molecule has 0 aromatic heterocycles. The van der Waals surface area contributed by atoms with Crippen molar-refractivity contribution >= 4 is 17.5 Å². The van der Waals surface area contributed by atoms with Gasteiger partial charge in [0.1, 0.15) is 0 Å². The lowest BCUT2D eigenvalue weighted by Crippen LogP contribution is -2.32. The van der Waals surface area contributed by atoms with Gasteiger partial charge in [-0.05, 0) is 12.3 Å². The summed E-state index contributed by atoms with van der Waals surface area (Å²) >= 11 is 5.85. The van der Waals surface area contributed by atoms with Crippen LogP contribution in [0.3, 0.4) is 0 Å². The maximum atomic E-state index is 11.3. The van der Waals surface area contributed by atoms with Crippen molar-refractivity contribution in [2.45, 2.75) is 18.7 Å². The smallest absolute Gasteiger partial charge is 0.223 e. The summed E-state index contributed by atoms with van der Waals surface area (Å²) in [4.78, 5) is 11.3. The molecule has 0 aromatic rings. The first kappa shape index (κ1) is 10.8. The van der Waals surface area contributed by atoms with E-state index >= 15 is 0 Å². The molecule has 0 radical (unpaired) electrons. The SMILES string of the molecule is COCC(Cl)CNC(=O)C1CC1C. The molecule has 1 aliphatic carbocycles. The third kappa shape index (κ3) is 3.53. The molecule has 1 N–H and O–H groups in total. The number of hydrogen-bond donors (Lipinski definition) is 1. The average Bonchev–Trinajstić information content (AvgIpc) is 2.79. The number of ether oxygens (including phenoxy) is 1. The molecule has 3 unspecified atom stereocenters. The number of amides is 1. The van der Waals surface area contributed by atoms with E-state index in [-0.39, 0.29) is 17.2 Å². The molecule has 0 aliphatic heterocycles. The minimum atomic E-state index is -0.122. The van der Waals surface area contributed by atoms with Gasteiger partial charge in [-0.15, -0.1) is 11.6 Å². The number of nitrogens with one attached hydrogen (secondary N) is 1. The maximum absolute atomic E-state index is 11.3. The van der Waals surface area contributed by atoms with E-state index in [9.17, 15) is 4.79 Å². The average molecular weight is 206 g/mol. The first-order chi connectivity index (χ1) is 6.15. The normalized spacial score (nSPS) is 28.2. The van der Waals surface area contributed by atoms with E-state index in [4.69, 9.17) is 16.3 Å². The van der Waals surface area contributed by atoms with Crippen LogP contribution in [-0.4, -0.2) is 31.5 Å². The highest BCUT2D eigenvalue weighted by Crippen LogP contribution is 2.37. The standard InChI is InChI=1S/C9H16ClNO2/c1-6-3-8(6)9(12)11-4-7(10)5-13-2/h6-8H,3-5H2,1-2H3,(H,11,12). The van der Waals surface area contributed by atoms with Crippen LogP contribution in [0.15, 0.2) is 0 Å². The van der Waals surface area contributed by atoms with Crippen molar-refractivity contribution in [3.8, 4) is 0 Å². The fourth-order valence-corrected chi connectivity index (χ4v) is 1.47. The largest absolute Gasteiger partial charge is 0.383 e. The Labute approximate surface area is 83.8 Å². The zero-order valence-electron chi connectivity index (χ0n) is 8.05. The van der Waals surface area contributed by atoms with Crippen LogP contribution in [0.25, 0.3) is 0 Å². The van der Waals surface area contributed by atoms with E-state index in [0.717, 1.165) is 6.42 Å². The van der Waals surface area contributed by atoms with E-state index in [1.807, 2.05) is 0 Å². The molecule has 1 amide bonds. The number of methoxy groups -OCH3 is 1. The molecule has 0 bridgehead atoms. The number of carbonyl (C=O) groups is 1. The Morgan fingerprint density at radius 1 is 1.77 bits per heavy atom. The van der Waals surface area contributed by atoms with Crippen LogP contribution < -0.4 is 5.32 Å². The molecule has 1 rings (SSSR count). The summed E-state index contributed by atoms with van der Waals surface area (Å²) < 4.78 is 4.85. The van der Waals surface area contributed by atoms with Crippen LogP contribution in [-0.2, 0) is 9.53 Å². The number of carbonyl (C=O) groups excluding carboxylic acids is 1. The minimum absolute atomic E-state index is 0.122. The fraction of sp³-hybridized carbons (Fsp3) is 0.889. The molecule has 1 saturated carbocycles. The lowest BCUT2D eigenvalue weighted by atomic mass is 10.3. The predicted octanol–water partition coefficient (Wildman–Crippen LogP) is 1.01. The number of rotatable bonds is 5. The molecular formula is C9H16ClNO2. The zero-order chi connectivity index (χ0) is 9.84. The second-order valence-electron chi connectivity index (χ2n) is 3.62. The summed E-state index contributed by atoms with van der Waals surface area (Å²) in [6, 6.07) is 0.